The van der Waals surface area contributed by atoms with Gasteiger partial charge in [0.25, 0.3) is 11.6 Å². The molecule has 4 aromatic rings. The highest BCUT2D eigenvalue weighted by atomic mass is 32.1. The van der Waals surface area contributed by atoms with Crippen LogP contribution >= 0.6 is 12.2 Å². The Morgan fingerprint density at radius 2 is 1.69 bits per heavy atom. The highest BCUT2D eigenvalue weighted by Crippen LogP contribution is 2.23. The summed E-state index contributed by atoms with van der Waals surface area (Å²) in [5, 5.41) is 25.9. The second-order valence-electron chi connectivity index (χ2n) is 8.02. The number of nitro groups is 1. The van der Waals surface area contributed by atoms with Crippen LogP contribution in [-0.2, 0) is 0 Å². The van der Waals surface area contributed by atoms with Gasteiger partial charge in [-0.1, -0.05) is 12.1 Å². The Hall–Kier alpha value is -4.38. The first kappa shape index (κ1) is 24.7. The van der Waals surface area contributed by atoms with Crippen molar-refractivity contribution >= 4 is 51.3 Å². The molecule has 1 amide bonds. The van der Waals surface area contributed by atoms with E-state index in [1.807, 2.05) is 37.3 Å². The van der Waals surface area contributed by atoms with Crippen LogP contribution in [0.5, 0.6) is 0 Å². The molecular weight excluding hydrogens is 478 g/mol. The SMILES string of the molecule is CCN(CC)c1ccc(-n2nc3cc(C)c(NC(=S)NC(=O)c4ccccc4[N+](=O)[O-])cc3n2)cc1. The van der Waals surface area contributed by atoms with Crippen LogP contribution in [0.25, 0.3) is 16.7 Å². The minimum absolute atomic E-state index is 0.0139. The number of hydrogen-bond acceptors (Lipinski definition) is 7. The van der Waals surface area contributed by atoms with E-state index < -0.39 is 10.8 Å². The molecule has 10 nitrogen and oxygen atoms in total. The van der Waals surface area contributed by atoms with Crippen molar-refractivity contribution in [3.8, 4) is 5.69 Å². The summed E-state index contributed by atoms with van der Waals surface area (Å²) in [6.45, 7) is 7.98. The largest absolute Gasteiger partial charge is 0.372 e. The standard InChI is InChI=1S/C25H25N7O3S/c1-4-30(5-2)17-10-12-18(13-11-17)31-28-21-14-16(3)20(15-22(21)29-31)26-25(36)27-24(33)19-8-6-7-9-23(19)32(34)35/h6-15H,4-5H2,1-3H3,(H2,26,27,33,36). The van der Waals surface area contributed by atoms with E-state index >= 15 is 0 Å². The third-order valence-corrected chi connectivity index (χ3v) is 5.96. The van der Waals surface area contributed by atoms with Gasteiger partial charge in [0.05, 0.1) is 10.6 Å². The number of nitrogens with zero attached hydrogens (tertiary/aromatic N) is 5. The number of carbonyl (C=O) groups is 1. The molecule has 2 N–H and O–H groups in total. The van der Waals surface area contributed by atoms with E-state index in [9.17, 15) is 14.9 Å². The van der Waals surface area contributed by atoms with Gasteiger partial charge in [0.15, 0.2) is 5.11 Å². The zero-order valence-corrected chi connectivity index (χ0v) is 20.9. The molecular formula is C25H25N7O3S. The quantitative estimate of drug-likeness (QED) is 0.213. The molecule has 0 saturated carbocycles. The maximum Gasteiger partial charge on any atom is 0.282 e. The Morgan fingerprint density at radius 3 is 2.33 bits per heavy atom. The minimum atomic E-state index is -0.669. The van der Waals surface area contributed by atoms with Gasteiger partial charge in [0, 0.05) is 30.5 Å². The highest BCUT2D eigenvalue weighted by Gasteiger charge is 2.20. The summed E-state index contributed by atoms with van der Waals surface area (Å²) in [5.74, 6) is -0.669. The van der Waals surface area contributed by atoms with E-state index in [4.69, 9.17) is 12.2 Å². The summed E-state index contributed by atoms with van der Waals surface area (Å²) in [7, 11) is 0. The molecule has 1 heterocycles. The summed E-state index contributed by atoms with van der Waals surface area (Å²) >= 11 is 5.28. The van der Waals surface area contributed by atoms with E-state index in [0.717, 1.165) is 30.0 Å². The lowest BCUT2D eigenvalue weighted by atomic mass is 10.1. The van der Waals surface area contributed by atoms with Crippen LogP contribution in [0, 0.1) is 17.0 Å². The van der Waals surface area contributed by atoms with Crippen LogP contribution in [0.1, 0.15) is 29.8 Å². The van der Waals surface area contributed by atoms with Gasteiger partial charge in [0.2, 0.25) is 0 Å². The molecule has 0 fully saturated rings. The molecule has 0 spiro atoms. The van der Waals surface area contributed by atoms with Gasteiger partial charge in [-0.2, -0.15) is 4.80 Å². The van der Waals surface area contributed by atoms with Crippen LogP contribution in [0.2, 0.25) is 0 Å². The number of thiocarbonyl (C=S) groups is 1. The Morgan fingerprint density at radius 1 is 1.06 bits per heavy atom. The predicted molar refractivity (Wildman–Crippen MR) is 144 cm³/mol. The van der Waals surface area contributed by atoms with Gasteiger partial charge in [0.1, 0.15) is 16.6 Å². The molecule has 0 unspecified atom stereocenters. The number of carbonyl (C=O) groups excluding carboxylic acids is 1. The number of hydrogen-bond donors (Lipinski definition) is 2. The van der Waals surface area contributed by atoms with Crippen LogP contribution in [0.3, 0.4) is 0 Å². The molecule has 0 saturated heterocycles. The van der Waals surface area contributed by atoms with Gasteiger partial charge in [-0.05, 0) is 81.0 Å². The normalized spacial score (nSPS) is 10.8. The molecule has 0 aliphatic rings. The van der Waals surface area contributed by atoms with Crippen LogP contribution in [0.4, 0.5) is 17.1 Å². The molecule has 11 heteroatoms. The molecule has 0 bridgehead atoms. The van der Waals surface area contributed by atoms with Gasteiger partial charge in [-0.3, -0.25) is 20.2 Å². The van der Waals surface area contributed by atoms with Crippen molar-refractivity contribution in [2.45, 2.75) is 20.8 Å². The molecule has 4 rings (SSSR count). The third kappa shape index (κ3) is 5.15. The van der Waals surface area contributed by atoms with Crippen LogP contribution < -0.4 is 15.5 Å². The number of fused-ring (bicyclic) bond motifs is 1. The van der Waals surface area contributed by atoms with Crippen LogP contribution in [-0.4, -0.2) is 44.0 Å². The zero-order valence-electron chi connectivity index (χ0n) is 20.1. The zero-order chi connectivity index (χ0) is 25.8. The lowest BCUT2D eigenvalue weighted by Crippen LogP contribution is -2.34. The fourth-order valence-electron chi connectivity index (χ4n) is 3.85. The van der Waals surface area contributed by atoms with Crippen LogP contribution in [0.15, 0.2) is 60.7 Å². The third-order valence-electron chi connectivity index (χ3n) is 5.76. The Bertz CT molecular complexity index is 1450. The van der Waals surface area contributed by atoms with E-state index in [2.05, 4.69) is 39.6 Å². The van der Waals surface area contributed by atoms with Gasteiger partial charge >= 0.3 is 0 Å². The average Bonchev–Trinajstić information content (AvgIpc) is 3.28. The Balaban J connectivity index is 1.52. The fourth-order valence-corrected chi connectivity index (χ4v) is 4.06. The van der Waals surface area contributed by atoms with Crippen molar-refractivity contribution < 1.29 is 9.72 Å². The second-order valence-corrected chi connectivity index (χ2v) is 8.42. The van der Waals surface area contributed by atoms with Crippen molar-refractivity contribution in [3.63, 3.8) is 0 Å². The lowest BCUT2D eigenvalue weighted by molar-refractivity contribution is -0.385. The smallest absolute Gasteiger partial charge is 0.282 e. The van der Waals surface area contributed by atoms with Gasteiger partial charge in [-0.25, -0.2) is 0 Å². The molecule has 36 heavy (non-hydrogen) atoms. The van der Waals surface area contributed by atoms with E-state index in [1.54, 1.807) is 16.9 Å². The van der Waals surface area contributed by atoms with Crippen molar-refractivity contribution in [1.29, 1.82) is 0 Å². The molecule has 0 atom stereocenters. The molecule has 1 aromatic heterocycles. The minimum Gasteiger partial charge on any atom is -0.372 e. The first-order valence-electron chi connectivity index (χ1n) is 11.4. The fraction of sp³-hybridized carbons (Fsp3) is 0.200. The van der Waals surface area contributed by atoms with Gasteiger partial charge < -0.3 is 10.2 Å². The topological polar surface area (TPSA) is 118 Å². The lowest BCUT2D eigenvalue weighted by Gasteiger charge is -2.20. The first-order chi connectivity index (χ1) is 17.3. The van der Waals surface area contributed by atoms with Crippen molar-refractivity contribution in [3.05, 3.63) is 81.9 Å². The number of anilines is 2. The predicted octanol–water partition coefficient (Wildman–Crippen LogP) is 4.61. The number of nitrogens with one attached hydrogen (secondary N) is 2. The number of nitro benzene ring substituents is 1. The van der Waals surface area contributed by atoms with E-state index in [0.29, 0.717) is 16.7 Å². The maximum atomic E-state index is 12.6. The number of benzene rings is 3. The van der Waals surface area contributed by atoms with Gasteiger partial charge in [-0.15, -0.1) is 10.2 Å². The number of amides is 1. The Kier molecular flexibility index (Phi) is 7.20. The molecule has 0 radical (unpaired) electrons. The summed E-state index contributed by atoms with van der Waals surface area (Å²) in [6, 6.07) is 17.4. The Labute approximate surface area is 213 Å². The van der Waals surface area contributed by atoms with Crippen molar-refractivity contribution in [2.24, 2.45) is 0 Å². The first-order valence-corrected chi connectivity index (χ1v) is 11.8. The van der Waals surface area contributed by atoms with Crippen molar-refractivity contribution in [1.82, 2.24) is 20.3 Å². The average molecular weight is 504 g/mol. The van der Waals surface area contributed by atoms with Crippen molar-refractivity contribution in [2.75, 3.05) is 23.3 Å². The molecule has 0 aliphatic heterocycles. The highest BCUT2D eigenvalue weighted by molar-refractivity contribution is 7.80. The summed E-state index contributed by atoms with van der Waals surface area (Å²) in [6.07, 6.45) is 0. The number of aromatic nitrogens is 3. The number of para-hydroxylation sites is 1. The molecule has 0 aliphatic carbocycles. The van der Waals surface area contributed by atoms with E-state index in [1.165, 1.54) is 18.2 Å². The summed E-state index contributed by atoms with van der Waals surface area (Å²) in [5.41, 5.74) is 4.43. The number of aryl methyl sites for hydroxylation is 1. The molecule has 184 valence electrons. The maximum absolute atomic E-state index is 12.6. The summed E-state index contributed by atoms with van der Waals surface area (Å²) in [4.78, 5) is 27.0. The second kappa shape index (κ2) is 10.5. The summed E-state index contributed by atoms with van der Waals surface area (Å²) < 4.78 is 0. The van der Waals surface area contributed by atoms with E-state index in [-0.39, 0.29) is 16.4 Å². The molecule has 3 aromatic carbocycles. The monoisotopic (exact) mass is 503 g/mol. The number of rotatable bonds is 7.